The van der Waals surface area contributed by atoms with Crippen LogP contribution in [-0.4, -0.2) is 23.0 Å². The van der Waals surface area contributed by atoms with E-state index in [0.717, 1.165) is 11.1 Å². The highest BCUT2D eigenvalue weighted by Crippen LogP contribution is 2.18. The number of carboxylic acid groups (broad SMARTS) is 1. The summed E-state index contributed by atoms with van der Waals surface area (Å²) in [5.74, 6) is -1.57. The van der Waals surface area contributed by atoms with E-state index in [9.17, 15) is 9.59 Å². The molecule has 0 saturated carbocycles. The lowest BCUT2D eigenvalue weighted by Gasteiger charge is -2.13. The molecule has 0 aliphatic carbocycles. The van der Waals surface area contributed by atoms with E-state index in [-0.39, 0.29) is 6.42 Å². The van der Waals surface area contributed by atoms with Crippen molar-refractivity contribution in [3.8, 4) is 0 Å². The highest BCUT2D eigenvalue weighted by molar-refractivity contribution is 5.97. The van der Waals surface area contributed by atoms with Gasteiger partial charge in [-0.15, -0.1) is 0 Å². The fourth-order valence-electron chi connectivity index (χ4n) is 1.39. The number of rotatable bonds is 4. The normalized spacial score (nSPS) is 11.9. The van der Waals surface area contributed by atoms with E-state index in [4.69, 9.17) is 10.8 Å². The average Bonchev–Trinajstić information content (AvgIpc) is 2.23. The molecule has 0 bridgehead atoms. The molecule has 0 radical (unpaired) electrons. The van der Waals surface area contributed by atoms with Gasteiger partial charge in [-0.2, -0.15) is 0 Å². The number of carboxylic acids is 1. The number of benzene rings is 1. The van der Waals surface area contributed by atoms with Crippen LogP contribution in [0.3, 0.4) is 0 Å². The molecule has 1 unspecified atom stereocenters. The zero-order valence-corrected chi connectivity index (χ0v) is 9.86. The molecule has 0 aliphatic heterocycles. The first-order valence-electron chi connectivity index (χ1n) is 5.26. The lowest BCUT2D eigenvalue weighted by atomic mass is 10.1. The third-order valence-corrected chi connectivity index (χ3v) is 2.59. The fourth-order valence-corrected chi connectivity index (χ4v) is 1.39. The van der Waals surface area contributed by atoms with E-state index < -0.39 is 17.9 Å². The number of carbonyl (C=O) groups is 2. The highest BCUT2D eigenvalue weighted by Gasteiger charge is 2.17. The summed E-state index contributed by atoms with van der Waals surface area (Å²) >= 11 is 0. The van der Waals surface area contributed by atoms with Crippen molar-refractivity contribution in [2.24, 2.45) is 5.73 Å². The largest absolute Gasteiger partial charge is 0.481 e. The van der Waals surface area contributed by atoms with Gasteiger partial charge in [-0.05, 0) is 31.0 Å². The smallest absolute Gasteiger partial charge is 0.305 e. The Kier molecular flexibility index (Phi) is 4.23. The second-order valence-electron chi connectivity index (χ2n) is 3.94. The van der Waals surface area contributed by atoms with Crippen molar-refractivity contribution in [3.05, 3.63) is 29.3 Å². The quantitative estimate of drug-likeness (QED) is 0.728. The van der Waals surface area contributed by atoms with E-state index in [0.29, 0.717) is 5.69 Å². The number of nitrogens with one attached hydrogen (secondary N) is 1. The van der Waals surface area contributed by atoms with Gasteiger partial charge in [-0.3, -0.25) is 9.59 Å². The Morgan fingerprint density at radius 2 is 2.06 bits per heavy atom. The molecule has 1 aromatic carbocycles. The molecule has 0 aliphatic rings. The molecule has 5 nitrogen and oxygen atoms in total. The van der Waals surface area contributed by atoms with Gasteiger partial charge < -0.3 is 16.2 Å². The molecule has 1 amide bonds. The first-order chi connectivity index (χ1) is 7.91. The molecule has 4 N–H and O–H groups in total. The molecule has 1 atom stereocenters. The van der Waals surface area contributed by atoms with Gasteiger partial charge in [0.05, 0.1) is 12.5 Å². The number of hydrogen-bond acceptors (Lipinski definition) is 3. The lowest BCUT2D eigenvalue weighted by molar-refractivity contribution is -0.138. The van der Waals surface area contributed by atoms with Crippen molar-refractivity contribution in [1.82, 2.24) is 0 Å². The first kappa shape index (κ1) is 13.2. The molecule has 0 spiro atoms. The SMILES string of the molecule is Cc1cccc(NC(=O)C(N)CC(=O)O)c1C. The van der Waals surface area contributed by atoms with Gasteiger partial charge in [0.25, 0.3) is 0 Å². The summed E-state index contributed by atoms with van der Waals surface area (Å²) in [5.41, 5.74) is 8.12. The van der Waals surface area contributed by atoms with Crippen molar-refractivity contribution in [3.63, 3.8) is 0 Å². The predicted octanol–water partition coefficient (Wildman–Crippen LogP) is 1.04. The van der Waals surface area contributed by atoms with Gasteiger partial charge in [0.1, 0.15) is 0 Å². The summed E-state index contributed by atoms with van der Waals surface area (Å²) in [4.78, 5) is 22.0. The van der Waals surface area contributed by atoms with E-state index in [1.165, 1.54) is 0 Å². The maximum Gasteiger partial charge on any atom is 0.305 e. The summed E-state index contributed by atoms with van der Waals surface area (Å²) in [6, 6.07) is 4.48. The monoisotopic (exact) mass is 236 g/mol. The molecule has 0 fully saturated rings. The minimum atomic E-state index is -1.09. The van der Waals surface area contributed by atoms with Crippen LogP contribution in [0.4, 0.5) is 5.69 Å². The number of aliphatic carboxylic acids is 1. The molecular formula is C12H16N2O3. The Bertz CT molecular complexity index is 443. The Hall–Kier alpha value is -1.88. The Morgan fingerprint density at radius 1 is 1.41 bits per heavy atom. The molecule has 1 aromatic rings. The third kappa shape index (κ3) is 3.57. The number of aryl methyl sites for hydroxylation is 1. The first-order valence-corrected chi connectivity index (χ1v) is 5.26. The van der Waals surface area contributed by atoms with Crippen LogP contribution in [0.25, 0.3) is 0 Å². The minimum absolute atomic E-state index is 0.378. The van der Waals surface area contributed by atoms with Gasteiger partial charge >= 0.3 is 5.97 Å². The number of nitrogens with two attached hydrogens (primary N) is 1. The molecule has 1 rings (SSSR count). The molecule has 0 aromatic heterocycles. The Balaban J connectivity index is 2.74. The molecular weight excluding hydrogens is 220 g/mol. The van der Waals surface area contributed by atoms with Gasteiger partial charge in [-0.25, -0.2) is 0 Å². The van der Waals surface area contributed by atoms with Crippen molar-refractivity contribution in [2.75, 3.05) is 5.32 Å². The zero-order chi connectivity index (χ0) is 13.0. The molecule has 92 valence electrons. The fraction of sp³-hybridized carbons (Fsp3) is 0.333. The van der Waals surface area contributed by atoms with Crippen LogP contribution < -0.4 is 11.1 Å². The zero-order valence-electron chi connectivity index (χ0n) is 9.86. The number of carbonyl (C=O) groups excluding carboxylic acids is 1. The molecule has 0 saturated heterocycles. The standard InChI is InChI=1S/C12H16N2O3/c1-7-4-3-5-10(8(7)2)14-12(17)9(13)6-11(15)16/h3-5,9H,6,13H2,1-2H3,(H,14,17)(H,15,16). The number of anilines is 1. The van der Waals surface area contributed by atoms with Crippen LogP contribution in [0.15, 0.2) is 18.2 Å². The lowest BCUT2D eigenvalue weighted by Crippen LogP contribution is -2.37. The predicted molar refractivity (Wildman–Crippen MR) is 64.8 cm³/mol. The summed E-state index contributed by atoms with van der Waals surface area (Å²) in [6.07, 6.45) is -0.378. The van der Waals surface area contributed by atoms with E-state index in [1.807, 2.05) is 26.0 Å². The summed E-state index contributed by atoms with van der Waals surface area (Å²) in [6.45, 7) is 3.82. The van der Waals surface area contributed by atoms with Gasteiger partial charge in [0.15, 0.2) is 0 Å². The topological polar surface area (TPSA) is 92.4 Å². The summed E-state index contributed by atoms with van der Waals surface area (Å²) in [7, 11) is 0. The van der Waals surface area contributed by atoms with Crippen LogP contribution in [0.1, 0.15) is 17.5 Å². The van der Waals surface area contributed by atoms with Crippen molar-refractivity contribution >= 4 is 17.6 Å². The van der Waals surface area contributed by atoms with Gasteiger partial charge in [-0.1, -0.05) is 12.1 Å². The molecule has 5 heteroatoms. The maximum atomic E-state index is 11.6. The van der Waals surface area contributed by atoms with Gasteiger partial charge in [0, 0.05) is 5.69 Å². The van der Waals surface area contributed by atoms with Crippen LogP contribution in [0.5, 0.6) is 0 Å². The van der Waals surface area contributed by atoms with E-state index in [2.05, 4.69) is 5.32 Å². The highest BCUT2D eigenvalue weighted by atomic mass is 16.4. The van der Waals surface area contributed by atoms with Crippen molar-refractivity contribution in [2.45, 2.75) is 26.3 Å². The summed E-state index contributed by atoms with van der Waals surface area (Å²) < 4.78 is 0. The molecule has 0 heterocycles. The maximum absolute atomic E-state index is 11.6. The third-order valence-electron chi connectivity index (χ3n) is 2.59. The van der Waals surface area contributed by atoms with Gasteiger partial charge in [0.2, 0.25) is 5.91 Å². The Morgan fingerprint density at radius 3 is 2.65 bits per heavy atom. The van der Waals surface area contributed by atoms with Crippen LogP contribution in [0, 0.1) is 13.8 Å². The minimum Gasteiger partial charge on any atom is -0.481 e. The van der Waals surface area contributed by atoms with Crippen LogP contribution in [-0.2, 0) is 9.59 Å². The van der Waals surface area contributed by atoms with E-state index >= 15 is 0 Å². The number of amides is 1. The molecule has 17 heavy (non-hydrogen) atoms. The van der Waals surface area contributed by atoms with E-state index in [1.54, 1.807) is 6.07 Å². The second kappa shape index (κ2) is 5.45. The number of hydrogen-bond donors (Lipinski definition) is 3. The summed E-state index contributed by atoms with van der Waals surface area (Å²) in [5, 5.41) is 11.2. The Labute approximate surface area is 99.6 Å². The van der Waals surface area contributed by atoms with Crippen molar-refractivity contribution in [1.29, 1.82) is 0 Å². The average molecular weight is 236 g/mol. The van der Waals surface area contributed by atoms with Crippen LogP contribution >= 0.6 is 0 Å². The van der Waals surface area contributed by atoms with Crippen molar-refractivity contribution < 1.29 is 14.7 Å². The second-order valence-corrected chi connectivity index (χ2v) is 3.94. The van der Waals surface area contributed by atoms with Crippen LogP contribution in [0.2, 0.25) is 0 Å².